The molecule has 1 fully saturated rings. The Bertz CT molecular complexity index is 472. The van der Waals surface area contributed by atoms with E-state index in [1.165, 1.54) is 49.8 Å². The van der Waals surface area contributed by atoms with Crippen molar-refractivity contribution >= 4 is 11.6 Å². The Kier molecular flexibility index (Phi) is 3.95. The van der Waals surface area contributed by atoms with Crippen LogP contribution in [0.2, 0.25) is 0 Å². The first-order chi connectivity index (χ1) is 9.74. The summed E-state index contributed by atoms with van der Waals surface area (Å²) in [7, 11) is 0. The zero-order chi connectivity index (χ0) is 13.9. The highest BCUT2D eigenvalue weighted by Gasteiger charge is 2.30. The number of rotatable bonds is 3. The fraction of sp³-hybridized carbons (Fsp3) is 0.588. The third-order valence-corrected chi connectivity index (χ3v) is 4.72. The highest BCUT2D eigenvalue weighted by atomic mass is 15.3. The normalized spacial score (nSPS) is 23.9. The van der Waals surface area contributed by atoms with Crippen molar-refractivity contribution in [3.8, 4) is 0 Å². The lowest BCUT2D eigenvalue weighted by Gasteiger charge is -2.31. The maximum Gasteiger partial charge on any atom is 0.196 e. The summed E-state index contributed by atoms with van der Waals surface area (Å²) < 4.78 is 0. The van der Waals surface area contributed by atoms with Crippen LogP contribution in [0, 0.1) is 12.8 Å². The summed E-state index contributed by atoms with van der Waals surface area (Å²) in [6.07, 6.45) is 8.23. The van der Waals surface area contributed by atoms with Gasteiger partial charge in [0.15, 0.2) is 5.96 Å². The number of anilines is 1. The average Bonchev–Trinajstić information content (AvgIpc) is 2.82. The summed E-state index contributed by atoms with van der Waals surface area (Å²) in [5, 5.41) is 0. The van der Waals surface area contributed by atoms with Gasteiger partial charge in [-0.15, -0.1) is 0 Å². The number of hydrogen-bond acceptors (Lipinski definition) is 3. The Labute approximate surface area is 121 Å². The summed E-state index contributed by atoms with van der Waals surface area (Å²) in [6, 6.07) is 9.09. The third-order valence-electron chi connectivity index (χ3n) is 4.72. The zero-order valence-electron chi connectivity index (χ0n) is 12.4. The number of hydrogen-bond donors (Lipinski definition) is 1. The minimum atomic E-state index is 0.459. The first-order valence-electron chi connectivity index (χ1n) is 7.90. The maximum absolute atomic E-state index is 6.12. The SMILES string of the molecule is Cc1ccc(N2C(N)=NCC2CC2CCCCC2)cc1. The van der Waals surface area contributed by atoms with E-state index < -0.39 is 0 Å². The fourth-order valence-corrected chi connectivity index (χ4v) is 3.58. The van der Waals surface area contributed by atoms with Gasteiger partial charge in [-0.25, -0.2) is 0 Å². The first kappa shape index (κ1) is 13.5. The van der Waals surface area contributed by atoms with E-state index in [9.17, 15) is 0 Å². The lowest BCUT2D eigenvalue weighted by molar-refractivity contribution is 0.322. The monoisotopic (exact) mass is 271 g/mol. The Balaban J connectivity index is 1.72. The molecule has 0 saturated heterocycles. The van der Waals surface area contributed by atoms with Crippen LogP contribution < -0.4 is 10.6 Å². The molecule has 3 rings (SSSR count). The second-order valence-electron chi connectivity index (χ2n) is 6.30. The molecule has 1 unspecified atom stereocenters. The Hall–Kier alpha value is -1.51. The number of nitrogens with zero attached hydrogens (tertiary/aromatic N) is 2. The van der Waals surface area contributed by atoms with Gasteiger partial charge in [-0.05, 0) is 31.4 Å². The van der Waals surface area contributed by atoms with Crippen LogP contribution in [-0.4, -0.2) is 18.5 Å². The van der Waals surface area contributed by atoms with E-state index in [2.05, 4.69) is 41.1 Å². The molecule has 2 N–H and O–H groups in total. The van der Waals surface area contributed by atoms with Crippen molar-refractivity contribution in [3.63, 3.8) is 0 Å². The number of aliphatic imine (C=N–C) groups is 1. The van der Waals surface area contributed by atoms with Gasteiger partial charge in [0.2, 0.25) is 0 Å². The zero-order valence-corrected chi connectivity index (χ0v) is 12.4. The van der Waals surface area contributed by atoms with Crippen molar-refractivity contribution < 1.29 is 0 Å². The molecule has 0 radical (unpaired) electrons. The minimum Gasteiger partial charge on any atom is -0.370 e. The molecule has 1 atom stereocenters. The van der Waals surface area contributed by atoms with Crippen molar-refractivity contribution in [1.29, 1.82) is 0 Å². The molecule has 0 bridgehead atoms. The Morgan fingerprint density at radius 1 is 1.15 bits per heavy atom. The molecule has 0 aromatic heterocycles. The quantitative estimate of drug-likeness (QED) is 0.914. The molecule has 1 saturated carbocycles. The number of guanidine groups is 1. The van der Waals surface area contributed by atoms with E-state index in [0.29, 0.717) is 12.0 Å². The second-order valence-corrected chi connectivity index (χ2v) is 6.30. The van der Waals surface area contributed by atoms with Gasteiger partial charge in [0.05, 0.1) is 12.6 Å². The van der Waals surface area contributed by atoms with E-state index in [-0.39, 0.29) is 0 Å². The summed E-state index contributed by atoms with van der Waals surface area (Å²) in [6.45, 7) is 2.97. The number of benzene rings is 1. The topological polar surface area (TPSA) is 41.6 Å². The summed E-state index contributed by atoms with van der Waals surface area (Å²) in [5.74, 6) is 1.55. The molecular formula is C17H25N3. The van der Waals surface area contributed by atoms with Crippen LogP contribution >= 0.6 is 0 Å². The van der Waals surface area contributed by atoms with Gasteiger partial charge in [0, 0.05) is 5.69 Å². The van der Waals surface area contributed by atoms with Gasteiger partial charge < -0.3 is 10.6 Å². The first-order valence-corrected chi connectivity index (χ1v) is 7.90. The van der Waals surface area contributed by atoms with Crippen LogP contribution in [0.3, 0.4) is 0 Å². The maximum atomic E-state index is 6.12. The van der Waals surface area contributed by atoms with Crippen LogP contribution in [0.5, 0.6) is 0 Å². The molecular weight excluding hydrogens is 246 g/mol. The highest BCUT2D eigenvalue weighted by Crippen LogP contribution is 2.31. The highest BCUT2D eigenvalue weighted by molar-refractivity contribution is 5.97. The molecule has 1 aromatic rings. The van der Waals surface area contributed by atoms with Crippen molar-refractivity contribution in [2.45, 2.75) is 51.5 Å². The molecule has 20 heavy (non-hydrogen) atoms. The third kappa shape index (κ3) is 2.82. The van der Waals surface area contributed by atoms with E-state index >= 15 is 0 Å². The lowest BCUT2D eigenvalue weighted by Crippen LogP contribution is -2.42. The van der Waals surface area contributed by atoms with E-state index in [0.717, 1.165) is 12.5 Å². The standard InChI is InChI=1S/C17H25N3/c1-13-7-9-15(10-8-13)20-16(12-19-17(20)18)11-14-5-3-2-4-6-14/h7-10,14,16H,2-6,11-12H2,1H3,(H2,18,19). The van der Waals surface area contributed by atoms with E-state index in [1.807, 2.05) is 0 Å². The molecule has 1 heterocycles. The summed E-state index contributed by atoms with van der Waals surface area (Å²) in [5.41, 5.74) is 8.59. The van der Waals surface area contributed by atoms with E-state index in [1.54, 1.807) is 0 Å². The van der Waals surface area contributed by atoms with Crippen LogP contribution in [-0.2, 0) is 0 Å². The van der Waals surface area contributed by atoms with E-state index in [4.69, 9.17) is 5.73 Å². The van der Waals surface area contributed by atoms with Gasteiger partial charge in [0.25, 0.3) is 0 Å². The van der Waals surface area contributed by atoms with Crippen LogP contribution in [0.1, 0.15) is 44.1 Å². The van der Waals surface area contributed by atoms with Crippen LogP contribution in [0.25, 0.3) is 0 Å². The molecule has 1 aliphatic heterocycles. The Morgan fingerprint density at radius 2 is 1.85 bits per heavy atom. The minimum absolute atomic E-state index is 0.459. The van der Waals surface area contributed by atoms with Crippen LogP contribution in [0.15, 0.2) is 29.3 Å². The molecule has 3 heteroatoms. The van der Waals surface area contributed by atoms with Crippen LogP contribution in [0.4, 0.5) is 5.69 Å². The van der Waals surface area contributed by atoms with Gasteiger partial charge in [0.1, 0.15) is 0 Å². The largest absolute Gasteiger partial charge is 0.370 e. The molecule has 0 amide bonds. The molecule has 1 aliphatic carbocycles. The average molecular weight is 271 g/mol. The van der Waals surface area contributed by atoms with Gasteiger partial charge in [-0.2, -0.15) is 0 Å². The second kappa shape index (κ2) is 5.86. The van der Waals surface area contributed by atoms with Gasteiger partial charge in [-0.3, -0.25) is 4.99 Å². The molecule has 108 valence electrons. The lowest BCUT2D eigenvalue weighted by atomic mass is 9.84. The molecule has 3 nitrogen and oxygen atoms in total. The Morgan fingerprint density at radius 3 is 2.55 bits per heavy atom. The smallest absolute Gasteiger partial charge is 0.196 e. The van der Waals surface area contributed by atoms with Crippen molar-refractivity contribution in [2.24, 2.45) is 16.6 Å². The molecule has 2 aliphatic rings. The number of nitrogens with two attached hydrogens (primary N) is 1. The van der Waals surface area contributed by atoms with Crippen molar-refractivity contribution in [1.82, 2.24) is 0 Å². The molecule has 0 spiro atoms. The molecule has 1 aromatic carbocycles. The van der Waals surface area contributed by atoms with Crippen molar-refractivity contribution in [2.75, 3.05) is 11.4 Å². The predicted molar refractivity (Wildman–Crippen MR) is 85.1 cm³/mol. The predicted octanol–water partition coefficient (Wildman–Crippen LogP) is 3.47. The number of aryl methyl sites for hydroxylation is 1. The summed E-state index contributed by atoms with van der Waals surface area (Å²) in [4.78, 5) is 6.73. The van der Waals surface area contributed by atoms with Crippen molar-refractivity contribution in [3.05, 3.63) is 29.8 Å². The van der Waals surface area contributed by atoms with Gasteiger partial charge in [-0.1, -0.05) is 49.8 Å². The summed E-state index contributed by atoms with van der Waals surface area (Å²) >= 11 is 0. The van der Waals surface area contributed by atoms with Gasteiger partial charge >= 0.3 is 0 Å². The fourth-order valence-electron chi connectivity index (χ4n) is 3.58.